The lowest BCUT2D eigenvalue weighted by Crippen LogP contribution is -2.28. The molecule has 1 aromatic carbocycles. The van der Waals surface area contributed by atoms with Crippen LogP contribution < -0.4 is 10.1 Å². The van der Waals surface area contributed by atoms with Crippen LogP contribution in [0.4, 0.5) is 0 Å². The van der Waals surface area contributed by atoms with Crippen molar-refractivity contribution in [2.45, 2.75) is 25.8 Å². The molecule has 0 aliphatic heterocycles. The van der Waals surface area contributed by atoms with Gasteiger partial charge in [0.2, 0.25) is 5.91 Å². The lowest BCUT2D eigenvalue weighted by atomic mass is 10.1. The van der Waals surface area contributed by atoms with Crippen LogP contribution in [0.2, 0.25) is 0 Å². The van der Waals surface area contributed by atoms with Crippen molar-refractivity contribution in [2.24, 2.45) is 5.92 Å². The molecule has 0 saturated heterocycles. The summed E-state index contributed by atoms with van der Waals surface area (Å²) in [5, 5.41) is 3.01. The lowest BCUT2D eigenvalue weighted by molar-refractivity contribution is -0.122. The molecule has 86 valence electrons. The van der Waals surface area contributed by atoms with Gasteiger partial charge in [-0.1, -0.05) is 18.2 Å². The quantitative estimate of drug-likeness (QED) is 0.843. The third-order valence-electron chi connectivity index (χ3n) is 2.91. The average Bonchev–Trinajstić information content (AvgIpc) is 3.12. The van der Waals surface area contributed by atoms with Crippen LogP contribution in [0.5, 0.6) is 5.75 Å². The number of benzene rings is 1. The molecule has 1 amide bonds. The van der Waals surface area contributed by atoms with Crippen molar-refractivity contribution in [3.05, 3.63) is 29.8 Å². The minimum Gasteiger partial charge on any atom is -0.496 e. The molecule has 1 aliphatic rings. The van der Waals surface area contributed by atoms with E-state index in [1.165, 1.54) is 0 Å². The van der Waals surface area contributed by atoms with Gasteiger partial charge < -0.3 is 10.1 Å². The molecule has 1 saturated carbocycles. The predicted octanol–water partition coefficient (Wildman–Crippen LogP) is 2.28. The van der Waals surface area contributed by atoms with Crippen molar-refractivity contribution in [1.82, 2.24) is 5.32 Å². The Morgan fingerprint density at radius 1 is 1.44 bits per heavy atom. The maximum atomic E-state index is 11.6. The van der Waals surface area contributed by atoms with Crippen LogP contribution >= 0.6 is 0 Å². The van der Waals surface area contributed by atoms with Gasteiger partial charge in [0.05, 0.1) is 13.2 Å². The summed E-state index contributed by atoms with van der Waals surface area (Å²) in [6.45, 7) is 1.98. The molecule has 0 heterocycles. The molecule has 16 heavy (non-hydrogen) atoms. The maximum Gasteiger partial charge on any atom is 0.223 e. The maximum absolute atomic E-state index is 11.6. The number of carbonyl (C=O) groups excluding carboxylic acids is 1. The van der Waals surface area contributed by atoms with Gasteiger partial charge in [0.1, 0.15) is 5.75 Å². The molecule has 0 aromatic heterocycles. The highest BCUT2D eigenvalue weighted by atomic mass is 16.5. The summed E-state index contributed by atoms with van der Waals surface area (Å²) in [5.74, 6) is 1.24. The predicted molar refractivity (Wildman–Crippen MR) is 62.3 cm³/mol. The number of carbonyl (C=O) groups is 1. The molecule has 3 nitrogen and oxygen atoms in total. The molecule has 1 aromatic rings. The van der Waals surface area contributed by atoms with E-state index in [-0.39, 0.29) is 17.9 Å². The summed E-state index contributed by atoms with van der Waals surface area (Å²) in [5.41, 5.74) is 1.03. The first-order valence-corrected chi connectivity index (χ1v) is 5.65. The Bertz CT molecular complexity index is 385. The van der Waals surface area contributed by atoms with Gasteiger partial charge >= 0.3 is 0 Å². The summed E-state index contributed by atoms with van der Waals surface area (Å²) < 4.78 is 5.27. The van der Waals surface area contributed by atoms with Crippen LogP contribution in [0.3, 0.4) is 0 Å². The van der Waals surface area contributed by atoms with Crippen LogP contribution in [-0.4, -0.2) is 13.0 Å². The van der Waals surface area contributed by atoms with E-state index in [2.05, 4.69) is 5.32 Å². The van der Waals surface area contributed by atoms with E-state index in [1.54, 1.807) is 7.11 Å². The van der Waals surface area contributed by atoms with Crippen LogP contribution in [-0.2, 0) is 4.79 Å². The minimum absolute atomic E-state index is 0.00394. The molecule has 2 rings (SSSR count). The highest BCUT2D eigenvalue weighted by molar-refractivity contribution is 5.81. The zero-order valence-corrected chi connectivity index (χ0v) is 9.69. The number of para-hydroxylation sites is 1. The second-order valence-corrected chi connectivity index (χ2v) is 4.25. The molecule has 0 bridgehead atoms. The summed E-state index contributed by atoms with van der Waals surface area (Å²) in [6.07, 6.45) is 2.06. The number of methoxy groups -OCH3 is 1. The molecule has 0 radical (unpaired) electrons. The van der Waals surface area contributed by atoms with E-state index < -0.39 is 0 Å². The Balaban J connectivity index is 2.06. The van der Waals surface area contributed by atoms with Gasteiger partial charge in [0.25, 0.3) is 0 Å². The second kappa shape index (κ2) is 4.56. The number of rotatable bonds is 4. The Hall–Kier alpha value is -1.51. The van der Waals surface area contributed by atoms with Crippen LogP contribution in [0.25, 0.3) is 0 Å². The number of amides is 1. The van der Waals surface area contributed by atoms with Crippen LogP contribution in [0.1, 0.15) is 31.4 Å². The van der Waals surface area contributed by atoms with Gasteiger partial charge in [-0.25, -0.2) is 0 Å². The normalized spacial score (nSPS) is 16.6. The average molecular weight is 219 g/mol. The first-order valence-electron chi connectivity index (χ1n) is 5.65. The third-order valence-corrected chi connectivity index (χ3v) is 2.91. The molecule has 3 heteroatoms. The fourth-order valence-electron chi connectivity index (χ4n) is 1.78. The topological polar surface area (TPSA) is 38.3 Å². The van der Waals surface area contributed by atoms with E-state index in [0.717, 1.165) is 24.2 Å². The molecule has 0 spiro atoms. The Labute approximate surface area is 95.8 Å². The molecular weight excluding hydrogens is 202 g/mol. The standard InChI is InChI=1S/C13H17NO2/c1-9(14-13(15)10-7-8-10)11-5-3-4-6-12(11)16-2/h3-6,9-10H,7-8H2,1-2H3,(H,14,15)/t9-/m0/s1. The van der Waals surface area contributed by atoms with Gasteiger partial charge in [-0.05, 0) is 25.8 Å². The number of nitrogens with one attached hydrogen (secondary N) is 1. The largest absolute Gasteiger partial charge is 0.496 e. The van der Waals surface area contributed by atoms with E-state index in [4.69, 9.17) is 4.74 Å². The molecular formula is C13H17NO2. The second-order valence-electron chi connectivity index (χ2n) is 4.25. The smallest absolute Gasteiger partial charge is 0.223 e. The molecule has 1 atom stereocenters. The molecule has 1 fully saturated rings. The number of hydrogen-bond donors (Lipinski definition) is 1. The zero-order valence-electron chi connectivity index (χ0n) is 9.69. The van der Waals surface area contributed by atoms with E-state index >= 15 is 0 Å². The number of ether oxygens (including phenoxy) is 1. The van der Waals surface area contributed by atoms with Crippen LogP contribution in [0, 0.1) is 5.92 Å². The fraction of sp³-hybridized carbons (Fsp3) is 0.462. The van der Waals surface area contributed by atoms with Crippen molar-refractivity contribution in [3.63, 3.8) is 0 Å². The minimum atomic E-state index is 0.00394. The lowest BCUT2D eigenvalue weighted by Gasteiger charge is -2.17. The Morgan fingerprint density at radius 3 is 2.75 bits per heavy atom. The van der Waals surface area contributed by atoms with E-state index in [1.807, 2.05) is 31.2 Å². The van der Waals surface area contributed by atoms with Crippen molar-refractivity contribution in [2.75, 3.05) is 7.11 Å². The molecule has 1 N–H and O–H groups in total. The van der Waals surface area contributed by atoms with Gasteiger partial charge in [0, 0.05) is 11.5 Å². The highest BCUT2D eigenvalue weighted by Gasteiger charge is 2.30. The monoisotopic (exact) mass is 219 g/mol. The van der Waals surface area contributed by atoms with Gasteiger partial charge in [0.15, 0.2) is 0 Å². The van der Waals surface area contributed by atoms with Gasteiger partial charge in [-0.2, -0.15) is 0 Å². The van der Waals surface area contributed by atoms with Gasteiger partial charge in [-0.3, -0.25) is 4.79 Å². The van der Waals surface area contributed by atoms with Crippen molar-refractivity contribution >= 4 is 5.91 Å². The summed E-state index contributed by atoms with van der Waals surface area (Å²) in [7, 11) is 1.65. The SMILES string of the molecule is COc1ccccc1[C@H](C)NC(=O)C1CC1. The summed E-state index contributed by atoms with van der Waals surface area (Å²) in [6, 6.07) is 7.78. The summed E-state index contributed by atoms with van der Waals surface area (Å²) in [4.78, 5) is 11.6. The zero-order chi connectivity index (χ0) is 11.5. The highest BCUT2D eigenvalue weighted by Crippen LogP contribution is 2.31. The fourth-order valence-corrected chi connectivity index (χ4v) is 1.78. The Morgan fingerprint density at radius 2 is 2.12 bits per heavy atom. The third kappa shape index (κ3) is 2.35. The van der Waals surface area contributed by atoms with Crippen molar-refractivity contribution < 1.29 is 9.53 Å². The van der Waals surface area contributed by atoms with E-state index in [9.17, 15) is 4.79 Å². The first-order chi connectivity index (χ1) is 7.72. The summed E-state index contributed by atoms with van der Waals surface area (Å²) >= 11 is 0. The van der Waals surface area contributed by atoms with Crippen LogP contribution in [0.15, 0.2) is 24.3 Å². The van der Waals surface area contributed by atoms with Crippen molar-refractivity contribution in [3.8, 4) is 5.75 Å². The van der Waals surface area contributed by atoms with E-state index in [0.29, 0.717) is 0 Å². The first kappa shape index (κ1) is 11.0. The van der Waals surface area contributed by atoms with Crippen molar-refractivity contribution in [1.29, 1.82) is 0 Å². The number of hydrogen-bond acceptors (Lipinski definition) is 2. The Kier molecular flexibility index (Phi) is 3.13. The molecule has 0 unspecified atom stereocenters. The van der Waals surface area contributed by atoms with Gasteiger partial charge in [-0.15, -0.1) is 0 Å². The molecule has 1 aliphatic carbocycles.